The van der Waals surface area contributed by atoms with Crippen LogP contribution in [0.1, 0.15) is 15.9 Å². The van der Waals surface area contributed by atoms with Crippen LogP contribution in [0.25, 0.3) is 0 Å². The average Bonchev–Trinajstić information content (AvgIpc) is 2.74. The van der Waals surface area contributed by atoms with Gasteiger partial charge in [0.1, 0.15) is 5.82 Å². The van der Waals surface area contributed by atoms with Gasteiger partial charge in [-0.15, -0.1) is 0 Å². The zero-order valence-corrected chi connectivity index (χ0v) is 10.5. The number of halogens is 2. The minimum Gasteiger partial charge on any atom is -0.288 e. The fraction of sp³-hybridized carbons (Fsp3) is 0. The molecular weight excluding hydrogens is 326 g/mol. The van der Waals surface area contributed by atoms with Gasteiger partial charge in [-0.2, -0.15) is 11.3 Å². The molecule has 0 spiro atoms. The summed E-state index contributed by atoms with van der Waals surface area (Å²) in [4.78, 5) is 11.8. The number of thiophene rings is 1. The van der Waals surface area contributed by atoms with Gasteiger partial charge in [-0.3, -0.25) is 4.79 Å². The van der Waals surface area contributed by atoms with Crippen molar-refractivity contribution in [3.63, 3.8) is 0 Å². The molecule has 2 aromatic rings. The van der Waals surface area contributed by atoms with Crippen molar-refractivity contribution in [2.75, 3.05) is 0 Å². The van der Waals surface area contributed by atoms with Crippen molar-refractivity contribution in [3.8, 4) is 0 Å². The minimum absolute atomic E-state index is 0.139. The van der Waals surface area contributed by atoms with Crippen LogP contribution in [-0.4, -0.2) is 5.78 Å². The van der Waals surface area contributed by atoms with E-state index in [2.05, 4.69) is 22.6 Å². The van der Waals surface area contributed by atoms with Crippen molar-refractivity contribution in [1.82, 2.24) is 0 Å². The van der Waals surface area contributed by atoms with Gasteiger partial charge in [0.05, 0.1) is 5.56 Å². The maximum Gasteiger partial charge on any atom is 0.196 e. The molecule has 0 N–H and O–H groups in total. The normalized spacial score (nSPS) is 10.3. The Bertz CT molecular complexity index is 493. The molecule has 1 heterocycles. The molecular formula is C11H6FIOS. The number of carbonyl (C=O) groups is 1. The lowest BCUT2D eigenvalue weighted by Gasteiger charge is -2.01. The van der Waals surface area contributed by atoms with Crippen molar-refractivity contribution in [1.29, 1.82) is 0 Å². The van der Waals surface area contributed by atoms with E-state index in [9.17, 15) is 9.18 Å². The predicted octanol–water partition coefficient (Wildman–Crippen LogP) is 3.72. The Kier molecular flexibility index (Phi) is 3.16. The second-order valence-electron chi connectivity index (χ2n) is 2.97. The molecule has 0 radical (unpaired) electrons. The first-order valence-electron chi connectivity index (χ1n) is 4.20. The van der Waals surface area contributed by atoms with Crippen molar-refractivity contribution in [2.24, 2.45) is 0 Å². The lowest BCUT2D eigenvalue weighted by Crippen LogP contribution is -2.03. The predicted molar refractivity (Wildman–Crippen MR) is 66.9 cm³/mol. The third kappa shape index (κ3) is 2.26. The second-order valence-corrected chi connectivity index (χ2v) is 4.99. The number of hydrogen-bond acceptors (Lipinski definition) is 2. The van der Waals surface area contributed by atoms with Crippen LogP contribution in [0, 0.1) is 9.39 Å². The third-order valence-corrected chi connectivity index (χ3v) is 3.31. The SMILES string of the molecule is O=C(c1ccsc1)c1cc(I)ccc1F. The molecule has 15 heavy (non-hydrogen) atoms. The summed E-state index contributed by atoms with van der Waals surface area (Å²) in [6, 6.07) is 6.23. The molecule has 0 saturated carbocycles. The number of carbonyl (C=O) groups excluding carboxylic acids is 1. The van der Waals surface area contributed by atoms with Gasteiger partial charge >= 0.3 is 0 Å². The largest absolute Gasteiger partial charge is 0.288 e. The summed E-state index contributed by atoms with van der Waals surface area (Å²) in [6.45, 7) is 0. The van der Waals surface area contributed by atoms with Crippen molar-refractivity contribution >= 4 is 39.7 Å². The average molecular weight is 332 g/mol. The van der Waals surface area contributed by atoms with E-state index in [1.165, 1.54) is 17.4 Å². The zero-order valence-electron chi connectivity index (χ0n) is 7.54. The number of hydrogen-bond donors (Lipinski definition) is 0. The quantitative estimate of drug-likeness (QED) is 0.605. The highest BCUT2D eigenvalue weighted by Crippen LogP contribution is 2.18. The van der Waals surface area contributed by atoms with E-state index < -0.39 is 5.82 Å². The smallest absolute Gasteiger partial charge is 0.196 e. The molecule has 0 aliphatic rings. The van der Waals surface area contributed by atoms with Crippen LogP contribution in [-0.2, 0) is 0 Å². The molecule has 0 unspecified atom stereocenters. The Balaban J connectivity index is 2.46. The highest BCUT2D eigenvalue weighted by molar-refractivity contribution is 14.1. The molecule has 1 aromatic heterocycles. The van der Waals surface area contributed by atoms with Gasteiger partial charge in [0, 0.05) is 14.5 Å². The first kappa shape index (κ1) is 10.8. The summed E-state index contributed by atoms with van der Waals surface area (Å²) in [5, 5.41) is 3.53. The van der Waals surface area contributed by atoms with E-state index >= 15 is 0 Å². The first-order chi connectivity index (χ1) is 7.18. The van der Waals surface area contributed by atoms with E-state index in [0.29, 0.717) is 5.56 Å². The fourth-order valence-corrected chi connectivity index (χ4v) is 2.35. The molecule has 1 nitrogen and oxygen atoms in total. The molecule has 4 heteroatoms. The summed E-state index contributed by atoms with van der Waals surface area (Å²) >= 11 is 3.48. The van der Waals surface area contributed by atoms with Gasteiger partial charge in [-0.1, -0.05) is 0 Å². The van der Waals surface area contributed by atoms with Gasteiger partial charge in [0.25, 0.3) is 0 Å². The zero-order chi connectivity index (χ0) is 10.8. The summed E-state index contributed by atoms with van der Waals surface area (Å²) < 4.78 is 14.2. The second kappa shape index (κ2) is 4.40. The standard InChI is InChI=1S/C11H6FIOS/c12-10-2-1-8(13)5-9(10)11(14)7-3-4-15-6-7/h1-6H. The molecule has 0 fully saturated rings. The van der Waals surface area contributed by atoms with Crippen LogP contribution in [0.15, 0.2) is 35.0 Å². The third-order valence-electron chi connectivity index (χ3n) is 1.96. The highest BCUT2D eigenvalue weighted by atomic mass is 127. The topological polar surface area (TPSA) is 17.1 Å². The molecule has 0 atom stereocenters. The van der Waals surface area contributed by atoms with Crippen LogP contribution in [0.4, 0.5) is 4.39 Å². The number of ketones is 1. The molecule has 1 aromatic carbocycles. The van der Waals surface area contributed by atoms with E-state index in [4.69, 9.17) is 0 Å². The van der Waals surface area contributed by atoms with E-state index in [-0.39, 0.29) is 11.3 Å². The Morgan fingerprint density at radius 1 is 1.33 bits per heavy atom. The van der Waals surface area contributed by atoms with E-state index in [1.807, 2.05) is 0 Å². The molecule has 2 rings (SSSR count). The highest BCUT2D eigenvalue weighted by Gasteiger charge is 2.14. The van der Waals surface area contributed by atoms with E-state index in [1.54, 1.807) is 29.0 Å². The van der Waals surface area contributed by atoms with Crippen LogP contribution in [0.3, 0.4) is 0 Å². The molecule has 0 amide bonds. The first-order valence-corrected chi connectivity index (χ1v) is 6.22. The Morgan fingerprint density at radius 3 is 2.80 bits per heavy atom. The van der Waals surface area contributed by atoms with Crippen LogP contribution in [0.2, 0.25) is 0 Å². The van der Waals surface area contributed by atoms with E-state index in [0.717, 1.165) is 3.57 Å². The summed E-state index contributed by atoms with van der Waals surface area (Å²) in [7, 11) is 0. The van der Waals surface area contributed by atoms with Crippen molar-refractivity contribution < 1.29 is 9.18 Å². The summed E-state index contributed by atoms with van der Waals surface area (Å²) in [5.41, 5.74) is 0.682. The monoisotopic (exact) mass is 332 g/mol. The van der Waals surface area contributed by atoms with Gasteiger partial charge in [-0.05, 0) is 52.2 Å². The molecule has 0 bridgehead atoms. The number of rotatable bonds is 2. The van der Waals surface area contributed by atoms with Crippen LogP contribution >= 0.6 is 33.9 Å². The lowest BCUT2D eigenvalue weighted by molar-refractivity contribution is 0.103. The van der Waals surface area contributed by atoms with Crippen LogP contribution < -0.4 is 0 Å². The molecule has 0 aliphatic heterocycles. The molecule has 0 saturated heterocycles. The Hall–Kier alpha value is -0.750. The van der Waals surface area contributed by atoms with Crippen molar-refractivity contribution in [3.05, 3.63) is 55.5 Å². The van der Waals surface area contributed by atoms with Gasteiger partial charge in [0.15, 0.2) is 5.78 Å². The summed E-state index contributed by atoms with van der Waals surface area (Å²) in [6.07, 6.45) is 0. The molecule has 76 valence electrons. The summed E-state index contributed by atoms with van der Waals surface area (Å²) in [5.74, 6) is -0.723. The fourth-order valence-electron chi connectivity index (χ4n) is 1.22. The Morgan fingerprint density at radius 2 is 2.13 bits per heavy atom. The number of benzene rings is 1. The van der Waals surface area contributed by atoms with Crippen molar-refractivity contribution in [2.45, 2.75) is 0 Å². The minimum atomic E-state index is -0.466. The molecule has 0 aliphatic carbocycles. The Labute approximate surface area is 104 Å². The van der Waals surface area contributed by atoms with Crippen LogP contribution in [0.5, 0.6) is 0 Å². The lowest BCUT2D eigenvalue weighted by atomic mass is 10.1. The maximum atomic E-state index is 13.4. The maximum absolute atomic E-state index is 13.4. The van der Waals surface area contributed by atoms with Gasteiger partial charge < -0.3 is 0 Å². The van der Waals surface area contributed by atoms with Gasteiger partial charge in [-0.25, -0.2) is 4.39 Å². The van der Waals surface area contributed by atoms with Gasteiger partial charge in [0.2, 0.25) is 0 Å².